The van der Waals surface area contributed by atoms with Crippen LogP contribution in [0.25, 0.3) is 0 Å². The van der Waals surface area contributed by atoms with E-state index in [1.54, 1.807) is 31.6 Å². The van der Waals surface area contributed by atoms with Crippen molar-refractivity contribution >= 4 is 17.6 Å². The Balaban J connectivity index is 1.69. The zero-order valence-electron chi connectivity index (χ0n) is 13.8. The highest BCUT2D eigenvalue weighted by molar-refractivity contribution is 6.02. The highest BCUT2D eigenvalue weighted by Crippen LogP contribution is 2.14. The number of carbonyl (C=O) groups excluding carboxylic acids is 2. The lowest BCUT2D eigenvalue weighted by Crippen LogP contribution is -2.27. The fourth-order valence-corrected chi connectivity index (χ4v) is 2.29. The smallest absolute Gasteiger partial charge is 0.292 e. The van der Waals surface area contributed by atoms with Gasteiger partial charge in [-0.15, -0.1) is 0 Å². The predicted octanol–water partition coefficient (Wildman–Crippen LogP) is 2.15. The largest absolute Gasteiger partial charge is 0.459 e. The van der Waals surface area contributed by atoms with E-state index in [9.17, 15) is 9.59 Å². The summed E-state index contributed by atoms with van der Waals surface area (Å²) < 4.78 is 6.46. The van der Waals surface area contributed by atoms with Crippen LogP contribution in [0, 0.1) is 0 Å². The van der Waals surface area contributed by atoms with Gasteiger partial charge in [0.1, 0.15) is 5.82 Å². The number of anilines is 1. The summed E-state index contributed by atoms with van der Waals surface area (Å²) in [4.78, 5) is 28.3. The van der Waals surface area contributed by atoms with Gasteiger partial charge in [-0.3, -0.25) is 19.3 Å². The van der Waals surface area contributed by atoms with Gasteiger partial charge in [-0.05, 0) is 36.8 Å². The number of nitrogens with zero attached hydrogens (tertiary/aromatic N) is 3. The molecule has 0 fully saturated rings. The quantitative estimate of drug-likeness (QED) is 0.741. The molecule has 0 aliphatic heterocycles. The van der Waals surface area contributed by atoms with E-state index in [0.29, 0.717) is 5.82 Å². The molecule has 0 aliphatic carbocycles. The monoisotopic (exact) mass is 339 g/mol. The van der Waals surface area contributed by atoms with Crippen molar-refractivity contribution < 1.29 is 14.0 Å². The van der Waals surface area contributed by atoms with E-state index in [4.69, 9.17) is 4.42 Å². The molecule has 3 aromatic rings. The van der Waals surface area contributed by atoms with Crippen LogP contribution in [-0.2, 0) is 7.05 Å². The van der Waals surface area contributed by atoms with Gasteiger partial charge in [0.05, 0.1) is 12.3 Å². The van der Waals surface area contributed by atoms with Crippen molar-refractivity contribution in [1.82, 2.24) is 20.1 Å². The number of nitrogens with one attached hydrogen (secondary N) is 2. The molecule has 8 nitrogen and oxygen atoms in total. The van der Waals surface area contributed by atoms with Crippen LogP contribution in [0.5, 0.6) is 0 Å². The summed E-state index contributed by atoms with van der Waals surface area (Å²) in [6.45, 7) is 1.87. The summed E-state index contributed by atoms with van der Waals surface area (Å²) in [6.07, 6.45) is 4.75. The standard InChI is InChI=1S/C17H17N5O3/c1-11(12-5-7-18-8-6-12)19-16(23)13-10-15(22(2)21-13)20-17(24)14-4-3-9-25-14/h3-11H,1-2H3,(H,19,23)(H,20,24)/t11-/m0/s1. The average Bonchev–Trinajstić information content (AvgIpc) is 3.26. The summed E-state index contributed by atoms with van der Waals surface area (Å²) in [6, 6.07) is 8.15. The maximum Gasteiger partial charge on any atom is 0.292 e. The molecule has 0 radical (unpaired) electrons. The number of aryl methyl sites for hydroxylation is 1. The molecule has 1 atom stereocenters. The van der Waals surface area contributed by atoms with Crippen molar-refractivity contribution in [3.05, 3.63) is 66.0 Å². The molecule has 0 bridgehead atoms. The van der Waals surface area contributed by atoms with Gasteiger partial charge < -0.3 is 15.1 Å². The molecule has 0 aliphatic rings. The number of carbonyl (C=O) groups is 2. The summed E-state index contributed by atoms with van der Waals surface area (Å²) in [7, 11) is 1.64. The van der Waals surface area contributed by atoms with E-state index >= 15 is 0 Å². The third kappa shape index (κ3) is 3.74. The van der Waals surface area contributed by atoms with Gasteiger partial charge in [0, 0.05) is 25.5 Å². The fraction of sp³-hybridized carbons (Fsp3) is 0.176. The molecule has 0 unspecified atom stereocenters. The Labute approximate surface area is 143 Å². The number of amides is 2. The fourth-order valence-electron chi connectivity index (χ4n) is 2.29. The minimum Gasteiger partial charge on any atom is -0.459 e. The van der Waals surface area contributed by atoms with Gasteiger partial charge in [-0.2, -0.15) is 5.10 Å². The van der Waals surface area contributed by atoms with Crippen LogP contribution < -0.4 is 10.6 Å². The van der Waals surface area contributed by atoms with E-state index in [1.807, 2.05) is 19.1 Å². The lowest BCUT2D eigenvalue weighted by atomic mass is 10.1. The third-order valence-electron chi connectivity index (χ3n) is 3.65. The first-order chi connectivity index (χ1) is 12.0. The van der Waals surface area contributed by atoms with E-state index in [2.05, 4.69) is 20.7 Å². The number of hydrogen-bond acceptors (Lipinski definition) is 5. The maximum atomic E-state index is 12.4. The van der Waals surface area contributed by atoms with Crippen molar-refractivity contribution in [1.29, 1.82) is 0 Å². The lowest BCUT2D eigenvalue weighted by Gasteiger charge is -2.12. The van der Waals surface area contributed by atoms with Crippen molar-refractivity contribution in [3.8, 4) is 0 Å². The molecule has 3 rings (SSSR count). The Kier molecular flexibility index (Phi) is 4.60. The minimum atomic E-state index is -0.412. The molecule has 8 heteroatoms. The van der Waals surface area contributed by atoms with Gasteiger partial charge in [-0.1, -0.05) is 0 Å². The second kappa shape index (κ2) is 7.00. The molecule has 2 N–H and O–H groups in total. The second-order valence-electron chi connectivity index (χ2n) is 5.45. The van der Waals surface area contributed by atoms with Crippen LogP contribution in [0.4, 0.5) is 5.82 Å². The van der Waals surface area contributed by atoms with Gasteiger partial charge in [0.2, 0.25) is 0 Å². The van der Waals surface area contributed by atoms with Gasteiger partial charge in [0.15, 0.2) is 11.5 Å². The van der Waals surface area contributed by atoms with E-state index in [-0.39, 0.29) is 23.4 Å². The normalized spacial score (nSPS) is 11.8. The lowest BCUT2D eigenvalue weighted by molar-refractivity contribution is 0.0933. The topological polar surface area (TPSA) is 102 Å². The second-order valence-corrected chi connectivity index (χ2v) is 5.45. The maximum absolute atomic E-state index is 12.4. The van der Waals surface area contributed by atoms with Crippen LogP contribution in [-0.4, -0.2) is 26.6 Å². The molecule has 0 saturated heterocycles. The van der Waals surface area contributed by atoms with Crippen LogP contribution in [0.1, 0.15) is 39.6 Å². The summed E-state index contributed by atoms with van der Waals surface area (Å²) in [5.41, 5.74) is 1.14. The first kappa shape index (κ1) is 16.4. The molecule has 128 valence electrons. The van der Waals surface area contributed by atoms with Crippen molar-refractivity contribution in [3.63, 3.8) is 0 Å². The van der Waals surface area contributed by atoms with Gasteiger partial charge >= 0.3 is 0 Å². The van der Waals surface area contributed by atoms with Crippen molar-refractivity contribution in [2.24, 2.45) is 7.05 Å². The molecule has 0 saturated carbocycles. The Bertz CT molecular complexity index is 871. The predicted molar refractivity (Wildman–Crippen MR) is 90.0 cm³/mol. The minimum absolute atomic E-state index is 0.179. The molecule has 0 spiro atoms. The molecule has 3 aromatic heterocycles. The molecular formula is C17H17N5O3. The van der Waals surface area contributed by atoms with Crippen LogP contribution in [0.3, 0.4) is 0 Å². The molecule has 3 heterocycles. The number of pyridine rings is 1. The third-order valence-corrected chi connectivity index (χ3v) is 3.65. The van der Waals surface area contributed by atoms with Gasteiger partial charge in [0.25, 0.3) is 11.8 Å². The highest BCUT2D eigenvalue weighted by Gasteiger charge is 2.18. The summed E-state index contributed by atoms with van der Waals surface area (Å²) >= 11 is 0. The molecule has 0 aromatic carbocycles. The van der Waals surface area contributed by atoms with Crippen LogP contribution in [0.2, 0.25) is 0 Å². The van der Waals surface area contributed by atoms with Crippen LogP contribution in [0.15, 0.2) is 53.4 Å². The zero-order valence-corrected chi connectivity index (χ0v) is 13.8. The number of rotatable bonds is 5. The Morgan fingerprint density at radius 1 is 1.20 bits per heavy atom. The summed E-state index contributed by atoms with van der Waals surface area (Å²) in [5, 5.41) is 9.65. The Hall–Kier alpha value is -3.42. The first-order valence-corrected chi connectivity index (χ1v) is 7.64. The van der Waals surface area contributed by atoms with E-state index in [0.717, 1.165) is 5.56 Å². The highest BCUT2D eigenvalue weighted by atomic mass is 16.3. The molecular weight excluding hydrogens is 322 g/mol. The first-order valence-electron chi connectivity index (χ1n) is 7.64. The summed E-state index contributed by atoms with van der Waals surface area (Å²) in [5.74, 6) is -0.176. The molecule has 2 amide bonds. The number of hydrogen-bond donors (Lipinski definition) is 2. The molecule has 25 heavy (non-hydrogen) atoms. The number of furan rings is 1. The van der Waals surface area contributed by atoms with Crippen molar-refractivity contribution in [2.75, 3.05) is 5.32 Å². The van der Waals surface area contributed by atoms with E-state index < -0.39 is 5.91 Å². The zero-order chi connectivity index (χ0) is 17.8. The van der Waals surface area contributed by atoms with Crippen molar-refractivity contribution in [2.45, 2.75) is 13.0 Å². The Morgan fingerprint density at radius 3 is 2.64 bits per heavy atom. The van der Waals surface area contributed by atoms with Gasteiger partial charge in [-0.25, -0.2) is 0 Å². The van der Waals surface area contributed by atoms with Crippen LogP contribution >= 0.6 is 0 Å². The Morgan fingerprint density at radius 2 is 1.96 bits per heavy atom. The SMILES string of the molecule is C[C@H](NC(=O)c1cc(NC(=O)c2ccco2)n(C)n1)c1ccncc1. The van der Waals surface area contributed by atoms with E-state index in [1.165, 1.54) is 17.0 Å². The number of aromatic nitrogens is 3. The average molecular weight is 339 g/mol.